The number of carbonyl (C=O) groups excluding carboxylic acids is 2. The number of phenolic OH excluding ortho intramolecular Hbond substituents is 1. The molecule has 0 heterocycles. The van der Waals surface area contributed by atoms with E-state index in [4.69, 9.17) is 0 Å². The SMILES string of the molecule is CCCCCCCCCCCC(=O)NCC(=O)N/N=C/c1c(O)ccc2ccccc12. The van der Waals surface area contributed by atoms with E-state index in [2.05, 4.69) is 22.8 Å². The lowest BCUT2D eigenvalue weighted by molar-refractivity contribution is -0.126. The standard InChI is InChI=1S/C25H35N3O3/c1-2-3-4-5-6-7-8-9-10-15-24(30)26-19-25(31)28-27-18-22-21-14-12-11-13-20(21)16-17-23(22)29/h11-14,16-18,29H,2-10,15,19H2,1H3,(H,26,30)(H,28,31)/b27-18+. The summed E-state index contributed by atoms with van der Waals surface area (Å²) in [5, 5.41) is 18.4. The maximum Gasteiger partial charge on any atom is 0.259 e. The van der Waals surface area contributed by atoms with E-state index in [9.17, 15) is 14.7 Å². The Morgan fingerprint density at radius 1 is 0.903 bits per heavy atom. The number of aromatic hydroxyl groups is 1. The molecule has 0 aliphatic heterocycles. The molecule has 0 saturated carbocycles. The molecule has 0 radical (unpaired) electrons. The van der Waals surface area contributed by atoms with Crippen molar-refractivity contribution in [3.63, 3.8) is 0 Å². The molecule has 2 amide bonds. The zero-order chi connectivity index (χ0) is 22.3. The van der Waals surface area contributed by atoms with Crippen LogP contribution in [0.3, 0.4) is 0 Å². The van der Waals surface area contributed by atoms with Crippen molar-refractivity contribution in [3.8, 4) is 5.75 Å². The van der Waals surface area contributed by atoms with Gasteiger partial charge in [-0.3, -0.25) is 9.59 Å². The van der Waals surface area contributed by atoms with Crippen molar-refractivity contribution in [2.45, 2.75) is 71.1 Å². The highest BCUT2D eigenvalue weighted by Gasteiger charge is 2.06. The fourth-order valence-corrected chi connectivity index (χ4v) is 3.49. The largest absolute Gasteiger partial charge is 0.507 e. The number of benzene rings is 2. The summed E-state index contributed by atoms with van der Waals surface area (Å²) in [7, 11) is 0. The van der Waals surface area contributed by atoms with E-state index in [-0.39, 0.29) is 18.2 Å². The molecule has 0 saturated heterocycles. The van der Waals surface area contributed by atoms with Crippen LogP contribution in [-0.4, -0.2) is 29.7 Å². The molecule has 0 aliphatic carbocycles. The van der Waals surface area contributed by atoms with Crippen LogP contribution in [0.2, 0.25) is 0 Å². The van der Waals surface area contributed by atoms with Gasteiger partial charge in [0.25, 0.3) is 5.91 Å². The highest BCUT2D eigenvalue weighted by molar-refractivity contribution is 6.02. The van der Waals surface area contributed by atoms with Crippen LogP contribution in [0.1, 0.15) is 76.7 Å². The van der Waals surface area contributed by atoms with E-state index in [1.165, 1.54) is 44.7 Å². The molecule has 2 rings (SSSR count). The van der Waals surface area contributed by atoms with Gasteiger partial charge >= 0.3 is 0 Å². The Morgan fingerprint density at radius 3 is 2.32 bits per heavy atom. The van der Waals surface area contributed by atoms with E-state index >= 15 is 0 Å². The normalized spacial score (nSPS) is 11.1. The molecule has 3 N–H and O–H groups in total. The summed E-state index contributed by atoms with van der Waals surface area (Å²) in [6.07, 6.45) is 12.7. The first-order valence-corrected chi connectivity index (χ1v) is 11.4. The predicted octanol–water partition coefficient (Wildman–Crippen LogP) is 5.03. The summed E-state index contributed by atoms with van der Waals surface area (Å²) in [4.78, 5) is 23.8. The fraction of sp³-hybridized carbons (Fsp3) is 0.480. The minimum atomic E-state index is -0.406. The van der Waals surface area contributed by atoms with E-state index < -0.39 is 5.91 Å². The second kappa shape index (κ2) is 14.2. The summed E-state index contributed by atoms with van der Waals surface area (Å²) in [5.74, 6) is -0.434. The number of carbonyl (C=O) groups is 2. The molecule has 0 unspecified atom stereocenters. The molecule has 2 aromatic carbocycles. The van der Waals surface area contributed by atoms with Crippen molar-refractivity contribution in [3.05, 3.63) is 42.0 Å². The average molecular weight is 426 g/mol. The first-order valence-electron chi connectivity index (χ1n) is 11.4. The van der Waals surface area contributed by atoms with Gasteiger partial charge in [-0.05, 0) is 23.3 Å². The zero-order valence-electron chi connectivity index (χ0n) is 18.5. The van der Waals surface area contributed by atoms with Gasteiger partial charge < -0.3 is 10.4 Å². The third-order valence-electron chi connectivity index (χ3n) is 5.28. The first kappa shape index (κ1) is 24.4. The molecule has 6 heteroatoms. The number of nitrogens with zero attached hydrogens (tertiary/aromatic N) is 1. The smallest absolute Gasteiger partial charge is 0.259 e. The van der Waals surface area contributed by atoms with Gasteiger partial charge in [-0.15, -0.1) is 0 Å². The Bertz CT molecular complexity index is 864. The zero-order valence-corrected chi connectivity index (χ0v) is 18.5. The van der Waals surface area contributed by atoms with Crippen molar-refractivity contribution < 1.29 is 14.7 Å². The Labute approximate surface area is 185 Å². The molecule has 168 valence electrons. The number of unbranched alkanes of at least 4 members (excludes halogenated alkanes) is 8. The first-order chi connectivity index (χ1) is 15.1. The van der Waals surface area contributed by atoms with Crippen molar-refractivity contribution in [1.82, 2.24) is 10.7 Å². The van der Waals surface area contributed by atoms with Crippen molar-refractivity contribution in [1.29, 1.82) is 0 Å². The van der Waals surface area contributed by atoms with E-state index in [0.29, 0.717) is 12.0 Å². The van der Waals surface area contributed by atoms with Crippen LogP contribution in [0.25, 0.3) is 10.8 Å². The molecule has 0 bridgehead atoms. The lowest BCUT2D eigenvalue weighted by Gasteiger charge is -2.06. The Morgan fingerprint density at radius 2 is 1.58 bits per heavy atom. The van der Waals surface area contributed by atoms with Crippen LogP contribution in [-0.2, 0) is 9.59 Å². The number of hydrazone groups is 1. The summed E-state index contributed by atoms with van der Waals surface area (Å²) < 4.78 is 0. The number of nitrogens with one attached hydrogen (secondary N) is 2. The molecule has 2 aromatic rings. The third-order valence-corrected chi connectivity index (χ3v) is 5.28. The van der Waals surface area contributed by atoms with Gasteiger partial charge in [-0.2, -0.15) is 5.10 Å². The predicted molar refractivity (Wildman–Crippen MR) is 126 cm³/mol. The molecule has 31 heavy (non-hydrogen) atoms. The Balaban J connectivity index is 1.61. The van der Waals surface area contributed by atoms with E-state index in [1.54, 1.807) is 6.07 Å². The molecule has 0 spiro atoms. The minimum Gasteiger partial charge on any atom is -0.507 e. The van der Waals surface area contributed by atoms with Crippen molar-refractivity contribution >= 4 is 28.8 Å². The van der Waals surface area contributed by atoms with Gasteiger partial charge in [0, 0.05) is 12.0 Å². The van der Waals surface area contributed by atoms with Crippen LogP contribution < -0.4 is 10.7 Å². The number of fused-ring (bicyclic) bond motifs is 1. The molecule has 0 atom stereocenters. The maximum absolute atomic E-state index is 11.9. The lowest BCUT2D eigenvalue weighted by Crippen LogP contribution is -2.34. The number of amides is 2. The number of rotatable bonds is 14. The topological polar surface area (TPSA) is 90.8 Å². The van der Waals surface area contributed by atoms with Gasteiger partial charge in [0.2, 0.25) is 5.91 Å². The van der Waals surface area contributed by atoms with Gasteiger partial charge in [0.15, 0.2) is 0 Å². The number of hydrogen-bond acceptors (Lipinski definition) is 4. The van der Waals surface area contributed by atoms with E-state index in [1.807, 2.05) is 30.3 Å². The van der Waals surface area contributed by atoms with Gasteiger partial charge in [-0.1, -0.05) is 88.6 Å². The van der Waals surface area contributed by atoms with Crippen LogP contribution >= 0.6 is 0 Å². The van der Waals surface area contributed by atoms with Gasteiger partial charge in [0.05, 0.1) is 12.8 Å². The van der Waals surface area contributed by atoms with E-state index in [0.717, 1.165) is 30.0 Å². The summed E-state index contributed by atoms with van der Waals surface area (Å²) >= 11 is 0. The van der Waals surface area contributed by atoms with Crippen LogP contribution in [0.15, 0.2) is 41.5 Å². The number of hydrogen-bond donors (Lipinski definition) is 3. The monoisotopic (exact) mass is 425 g/mol. The molecule has 6 nitrogen and oxygen atoms in total. The molecular formula is C25H35N3O3. The van der Waals surface area contributed by atoms with Crippen LogP contribution in [0.5, 0.6) is 5.75 Å². The fourth-order valence-electron chi connectivity index (χ4n) is 3.49. The molecule has 0 fully saturated rings. The van der Waals surface area contributed by atoms with Crippen molar-refractivity contribution in [2.24, 2.45) is 5.10 Å². The second-order valence-corrected chi connectivity index (χ2v) is 7.87. The van der Waals surface area contributed by atoms with Crippen molar-refractivity contribution in [2.75, 3.05) is 6.54 Å². The Hall–Kier alpha value is -2.89. The number of phenols is 1. The summed E-state index contributed by atoms with van der Waals surface area (Å²) in [5.41, 5.74) is 2.92. The third kappa shape index (κ3) is 9.20. The molecule has 0 aromatic heterocycles. The van der Waals surface area contributed by atoms with Crippen LogP contribution in [0, 0.1) is 0 Å². The van der Waals surface area contributed by atoms with Gasteiger partial charge in [-0.25, -0.2) is 5.43 Å². The molecule has 0 aliphatic rings. The molecular weight excluding hydrogens is 390 g/mol. The maximum atomic E-state index is 11.9. The highest BCUT2D eigenvalue weighted by atomic mass is 16.3. The van der Waals surface area contributed by atoms with Gasteiger partial charge in [0.1, 0.15) is 5.75 Å². The summed E-state index contributed by atoms with van der Waals surface area (Å²) in [6, 6.07) is 11.0. The Kier molecular flexibility index (Phi) is 11.1. The highest BCUT2D eigenvalue weighted by Crippen LogP contribution is 2.25. The second-order valence-electron chi connectivity index (χ2n) is 7.87. The summed E-state index contributed by atoms with van der Waals surface area (Å²) in [6.45, 7) is 2.11. The van der Waals surface area contributed by atoms with Crippen LogP contribution in [0.4, 0.5) is 0 Å². The minimum absolute atomic E-state index is 0.0889. The lowest BCUT2D eigenvalue weighted by atomic mass is 10.0. The average Bonchev–Trinajstić information content (AvgIpc) is 2.78. The quantitative estimate of drug-likeness (QED) is 0.225.